The van der Waals surface area contributed by atoms with E-state index in [-0.39, 0.29) is 5.91 Å². The van der Waals surface area contributed by atoms with Crippen molar-refractivity contribution in [2.45, 2.75) is 19.4 Å². The first kappa shape index (κ1) is 19.2. The Morgan fingerprint density at radius 3 is 2.78 bits per heavy atom. The lowest BCUT2D eigenvalue weighted by Crippen LogP contribution is -2.25. The third-order valence-electron chi connectivity index (χ3n) is 3.92. The summed E-state index contributed by atoms with van der Waals surface area (Å²) in [7, 11) is 0. The lowest BCUT2D eigenvalue weighted by atomic mass is 10.2. The van der Waals surface area contributed by atoms with Gasteiger partial charge in [-0.2, -0.15) is 0 Å². The van der Waals surface area contributed by atoms with Gasteiger partial charge in [-0.1, -0.05) is 23.2 Å². The van der Waals surface area contributed by atoms with Crippen molar-refractivity contribution < 1.29 is 4.79 Å². The Hall–Kier alpha value is -2.57. The molecule has 1 aromatic carbocycles. The molecule has 0 spiro atoms. The number of amides is 1. The number of hydrogen-bond acceptors (Lipinski definition) is 4. The van der Waals surface area contributed by atoms with Gasteiger partial charge in [-0.3, -0.25) is 4.79 Å². The van der Waals surface area contributed by atoms with E-state index in [2.05, 4.69) is 20.6 Å². The molecule has 6 nitrogen and oxygen atoms in total. The van der Waals surface area contributed by atoms with Crippen LogP contribution in [0.3, 0.4) is 0 Å². The maximum atomic E-state index is 12.5. The summed E-state index contributed by atoms with van der Waals surface area (Å²) in [5.41, 5.74) is 1.18. The van der Waals surface area contributed by atoms with Gasteiger partial charge in [0.25, 0.3) is 5.91 Å². The second kappa shape index (κ2) is 9.39. The van der Waals surface area contributed by atoms with Gasteiger partial charge in [-0.05, 0) is 43.2 Å². The molecule has 0 unspecified atom stereocenters. The van der Waals surface area contributed by atoms with Crippen LogP contribution in [0.2, 0.25) is 10.0 Å². The smallest absolute Gasteiger partial charge is 0.255 e. The fraction of sp³-hybridized carbons (Fsp3) is 0.211. The normalized spacial score (nSPS) is 10.6. The first-order valence-electron chi connectivity index (χ1n) is 8.54. The molecule has 0 aliphatic rings. The average Bonchev–Trinajstić information content (AvgIpc) is 3.18. The maximum absolute atomic E-state index is 12.5. The Kier molecular flexibility index (Phi) is 6.68. The summed E-state index contributed by atoms with van der Waals surface area (Å²) in [6, 6.07) is 8.62. The number of halogens is 2. The summed E-state index contributed by atoms with van der Waals surface area (Å²) < 4.78 is 2.02. The summed E-state index contributed by atoms with van der Waals surface area (Å²) in [4.78, 5) is 20.8. The molecule has 0 radical (unpaired) electrons. The second-order valence-corrected chi connectivity index (χ2v) is 6.73. The molecule has 1 amide bonds. The van der Waals surface area contributed by atoms with E-state index in [0.29, 0.717) is 33.7 Å². The van der Waals surface area contributed by atoms with Gasteiger partial charge in [0.15, 0.2) is 0 Å². The molecule has 0 fully saturated rings. The number of anilines is 2. The van der Waals surface area contributed by atoms with E-state index in [9.17, 15) is 4.79 Å². The van der Waals surface area contributed by atoms with E-state index in [1.165, 1.54) is 0 Å². The minimum absolute atomic E-state index is 0.173. The number of benzene rings is 1. The number of aryl methyl sites for hydroxylation is 1. The van der Waals surface area contributed by atoms with Crippen LogP contribution in [-0.2, 0) is 6.54 Å². The van der Waals surface area contributed by atoms with Gasteiger partial charge in [0.05, 0.1) is 21.9 Å². The van der Waals surface area contributed by atoms with Gasteiger partial charge in [0, 0.05) is 37.4 Å². The molecule has 0 bridgehead atoms. The molecule has 2 aromatic heterocycles. The zero-order valence-corrected chi connectivity index (χ0v) is 16.0. The van der Waals surface area contributed by atoms with Gasteiger partial charge >= 0.3 is 0 Å². The molecule has 0 aliphatic carbocycles. The van der Waals surface area contributed by atoms with Crippen LogP contribution in [-0.4, -0.2) is 27.0 Å². The third kappa shape index (κ3) is 5.45. The molecule has 27 heavy (non-hydrogen) atoms. The van der Waals surface area contributed by atoms with E-state index in [1.807, 2.05) is 10.8 Å². The van der Waals surface area contributed by atoms with Crippen molar-refractivity contribution in [1.29, 1.82) is 0 Å². The van der Waals surface area contributed by atoms with Crippen LogP contribution >= 0.6 is 23.2 Å². The highest BCUT2D eigenvalue weighted by Gasteiger charge is 2.12. The second-order valence-electron chi connectivity index (χ2n) is 5.92. The van der Waals surface area contributed by atoms with Crippen LogP contribution in [0, 0.1) is 0 Å². The SMILES string of the molecule is O=C(NCCCCn1ccnc1)c1cccnc1Nc1ccc(Cl)c(Cl)c1. The first-order valence-corrected chi connectivity index (χ1v) is 9.30. The largest absolute Gasteiger partial charge is 0.352 e. The van der Waals surface area contributed by atoms with Crippen LogP contribution in [0.1, 0.15) is 23.2 Å². The molecule has 8 heteroatoms. The van der Waals surface area contributed by atoms with Crippen molar-refractivity contribution in [3.8, 4) is 0 Å². The molecule has 0 aliphatic heterocycles. The fourth-order valence-corrected chi connectivity index (χ4v) is 2.83. The Morgan fingerprint density at radius 1 is 1.11 bits per heavy atom. The summed E-state index contributed by atoms with van der Waals surface area (Å²) in [6.45, 7) is 1.47. The number of imidazole rings is 1. The molecule has 2 heterocycles. The minimum Gasteiger partial charge on any atom is -0.352 e. The predicted molar refractivity (Wildman–Crippen MR) is 108 cm³/mol. The van der Waals surface area contributed by atoms with E-state index in [4.69, 9.17) is 23.2 Å². The van der Waals surface area contributed by atoms with Crippen LogP contribution < -0.4 is 10.6 Å². The summed E-state index contributed by atoms with van der Waals surface area (Å²) in [5, 5.41) is 6.95. The van der Waals surface area contributed by atoms with Crippen molar-refractivity contribution in [3.05, 3.63) is 70.9 Å². The summed E-state index contributed by atoms with van der Waals surface area (Å²) >= 11 is 12.0. The van der Waals surface area contributed by atoms with E-state index < -0.39 is 0 Å². The number of aromatic nitrogens is 3. The number of hydrogen-bond donors (Lipinski definition) is 2. The van der Waals surface area contributed by atoms with E-state index in [1.54, 1.807) is 49.1 Å². The zero-order valence-electron chi connectivity index (χ0n) is 14.5. The highest BCUT2D eigenvalue weighted by atomic mass is 35.5. The lowest BCUT2D eigenvalue weighted by Gasteiger charge is -2.12. The molecule has 0 saturated carbocycles. The summed E-state index contributed by atoms with van der Waals surface area (Å²) in [5.74, 6) is 0.292. The molecule has 3 rings (SSSR count). The quantitative estimate of drug-likeness (QED) is 0.541. The third-order valence-corrected chi connectivity index (χ3v) is 4.66. The molecule has 2 N–H and O–H groups in total. The Morgan fingerprint density at radius 2 is 2.00 bits per heavy atom. The topological polar surface area (TPSA) is 71.8 Å². The van der Waals surface area contributed by atoms with Crippen LogP contribution in [0.4, 0.5) is 11.5 Å². The highest BCUT2D eigenvalue weighted by Crippen LogP contribution is 2.27. The molecule has 0 atom stereocenters. The van der Waals surface area contributed by atoms with Crippen LogP contribution in [0.15, 0.2) is 55.2 Å². The zero-order chi connectivity index (χ0) is 19.1. The van der Waals surface area contributed by atoms with Crippen LogP contribution in [0.5, 0.6) is 0 Å². The number of carbonyl (C=O) groups excluding carboxylic acids is 1. The number of unbranched alkanes of at least 4 members (excludes halogenated alkanes) is 1. The van der Waals surface area contributed by atoms with Crippen molar-refractivity contribution in [2.24, 2.45) is 0 Å². The Bertz CT molecular complexity index is 899. The van der Waals surface area contributed by atoms with Crippen molar-refractivity contribution in [3.63, 3.8) is 0 Å². The van der Waals surface area contributed by atoms with Gasteiger partial charge < -0.3 is 15.2 Å². The molecule has 140 valence electrons. The highest BCUT2D eigenvalue weighted by molar-refractivity contribution is 6.42. The van der Waals surface area contributed by atoms with E-state index in [0.717, 1.165) is 19.4 Å². The van der Waals surface area contributed by atoms with Gasteiger partial charge in [0.1, 0.15) is 5.82 Å². The first-order chi connectivity index (χ1) is 13.1. The van der Waals surface area contributed by atoms with E-state index >= 15 is 0 Å². The maximum Gasteiger partial charge on any atom is 0.255 e. The molecule has 3 aromatic rings. The standard InChI is InChI=1S/C19H19Cl2N5O/c20-16-6-5-14(12-17(16)21)25-18-15(4-3-8-23-18)19(27)24-7-1-2-10-26-11-9-22-13-26/h3-6,8-9,11-13H,1-2,7,10H2,(H,23,25)(H,24,27). The van der Waals surface area contributed by atoms with Gasteiger partial charge in [-0.15, -0.1) is 0 Å². The number of pyridine rings is 1. The number of nitrogens with zero attached hydrogens (tertiary/aromatic N) is 3. The molecule has 0 saturated heterocycles. The van der Waals surface area contributed by atoms with Crippen molar-refractivity contribution in [2.75, 3.05) is 11.9 Å². The Labute approximate surface area is 167 Å². The summed E-state index contributed by atoms with van der Waals surface area (Å²) in [6.07, 6.45) is 8.93. The van der Waals surface area contributed by atoms with Gasteiger partial charge in [0.2, 0.25) is 0 Å². The number of carbonyl (C=O) groups is 1. The predicted octanol–water partition coefficient (Wildman–Crippen LogP) is 4.54. The number of rotatable bonds is 8. The lowest BCUT2D eigenvalue weighted by molar-refractivity contribution is 0.0953. The fourth-order valence-electron chi connectivity index (χ4n) is 2.53. The molecular weight excluding hydrogens is 385 g/mol. The van der Waals surface area contributed by atoms with Crippen LogP contribution in [0.25, 0.3) is 0 Å². The monoisotopic (exact) mass is 403 g/mol. The minimum atomic E-state index is -0.173. The van der Waals surface area contributed by atoms with Gasteiger partial charge in [-0.25, -0.2) is 9.97 Å². The molecular formula is C19H19Cl2N5O. The van der Waals surface area contributed by atoms with Crippen molar-refractivity contribution in [1.82, 2.24) is 19.9 Å². The number of nitrogens with one attached hydrogen (secondary N) is 2. The average molecular weight is 404 g/mol. The van der Waals surface area contributed by atoms with Crippen molar-refractivity contribution >= 4 is 40.6 Å². The Balaban J connectivity index is 1.55.